The molecule has 3 rings (SSSR count). The van der Waals surface area contributed by atoms with Gasteiger partial charge in [0.1, 0.15) is 4.75 Å². The summed E-state index contributed by atoms with van der Waals surface area (Å²) in [5.74, 6) is -0.568. The molecule has 2 atom stereocenters. The first-order valence-corrected chi connectivity index (χ1v) is 12.2. The van der Waals surface area contributed by atoms with Crippen LogP contribution < -0.4 is 5.32 Å². The van der Waals surface area contributed by atoms with Crippen molar-refractivity contribution in [1.29, 1.82) is 5.26 Å². The van der Waals surface area contributed by atoms with Gasteiger partial charge in [0.15, 0.2) is 9.84 Å². The van der Waals surface area contributed by atoms with Gasteiger partial charge in [-0.3, -0.25) is 4.79 Å². The summed E-state index contributed by atoms with van der Waals surface area (Å²) >= 11 is 6.00. The topological polar surface area (TPSA) is 87.0 Å². The van der Waals surface area contributed by atoms with Crippen molar-refractivity contribution in [3.05, 3.63) is 70.2 Å². The fourth-order valence-electron chi connectivity index (χ4n) is 4.00. The normalized spacial score (nSPS) is 17.3. The van der Waals surface area contributed by atoms with E-state index in [1.54, 1.807) is 6.07 Å². The average molecular weight is 445 g/mol. The van der Waals surface area contributed by atoms with Gasteiger partial charge in [-0.15, -0.1) is 0 Å². The van der Waals surface area contributed by atoms with Crippen molar-refractivity contribution >= 4 is 27.3 Å². The molecule has 7 heteroatoms. The molecule has 30 heavy (non-hydrogen) atoms. The van der Waals surface area contributed by atoms with E-state index in [4.69, 9.17) is 11.6 Å². The monoisotopic (exact) mass is 444 g/mol. The number of hydrogen-bond acceptors (Lipinski definition) is 4. The minimum absolute atomic E-state index is 0.139. The Morgan fingerprint density at radius 2 is 1.90 bits per heavy atom. The van der Waals surface area contributed by atoms with Crippen molar-refractivity contribution in [3.63, 3.8) is 0 Å². The van der Waals surface area contributed by atoms with Gasteiger partial charge in [0.25, 0.3) is 0 Å². The molecule has 0 heterocycles. The lowest BCUT2D eigenvalue weighted by molar-refractivity contribution is -0.126. The van der Waals surface area contributed by atoms with E-state index in [9.17, 15) is 18.5 Å². The number of nitrogens with one attached hydrogen (secondary N) is 1. The van der Waals surface area contributed by atoms with Gasteiger partial charge in [-0.1, -0.05) is 35.9 Å². The highest BCUT2D eigenvalue weighted by molar-refractivity contribution is 7.93. The van der Waals surface area contributed by atoms with Gasteiger partial charge in [-0.05, 0) is 68.0 Å². The van der Waals surface area contributed by atoms with Crippen LogP contribution in [0.1, 0.15) is 48.8 Å². The van der Waals surface area contributed by atoms with E-state index in [1.165, 1.54) is 0 Å². The highest BCUT2D eigenvalue weighted by atomic mass is 35.5. The molecule has 2 aromatic carbocycles. The fourth-order valence-corrected chi connectivity index (χ4v) is 5.55. The summed E-state index contributed by atoms with van der Waals surface area (Å²) in [5, 5.41) is 12.9. The van der Waals surface area contributed by atoms with Crippen molar-refractivity contribution in [3.8, 4) is 6.07 Å². The Hall–Kier alpha value is -2.36. The fraction of sp³-hybridized carbons (Fsp3) is 0.391. The van der Waals surface area contributed by atoms with Crippen LogP contribution in [0.25, 0.3) is 0 Å². The number of carbonyl (C=O) groups excluding carboxylic acids is 1. The third kappa shape index (κ3) is 4.53. The zero-order valence-corrected chi connectivity index (χ0v) is 18.6. The number of amides is 1. The molecule has 1 fully saturated rings. The van der Waals surface area contributed by atoms with Crippen LogP contribution in [0.15, 0.2) is 48.5 Å². The smallest absolute Gasteiger partial charge is 0.241 e. The molecule has 5 nitrogen and oxygen atoms in total. The van der Waals surface area contributed by atoms with Gasteiger partial charge in [0, 0.05) is 23.2 Å². The van der Waals surface area contributed by atoms with Crippen LogP contribution in [0.5, 0.6) is 0 Å². The molecule has 0 spiro atoms. The van der Waals surface area contributed by atoms with Crippen molar-refractivity contribution in [2.45, 2.75) is 49.3 Å². The number of carbonyl (C=O) groups is 1. The number of nitriles is 1. The summed E-state index contributed by atoms with van der Waals surface area (Å²) in [6.45, 7) is 1.88. The van der Waals surface area contributed by atoms with E-state index in [1.807, 2.05) is 49.4 Å². The summed E-state index contributed by atoms with van der Waals surface area (Å²) < 4.78 is 23.3. The van der Waals surface area contributed by atoms with E-state index in [0.717, 1.165) is 23.8 Å². The molecule has 1 aliphatic carbocycles. The molecule has 1 N–H and O–H groups in total. The average Bonchev–Trinajstić information content (AvgIpc) is 2.65. The zero-order chi connectivity index (χ0) is 21.9. The predicted molar refractivity (Wildman–Crippen MR) is 118 cm³/mol. The van der Waals surface area contributed by atoms with E-state index in [0.29, 0.717) is 29.8 Å². The Labute approximate surface area is 183 Å². The molecule has 1 saturated carbocycles. The largest absolute Gasteiger partial charge is 0.352 e. The van der Waals surface area contributed by atoms with E-state index < -0.39 is 20.5 Å². The summed E-state index contributed by atoms with van der Waals surface area (Å²) in [6, 6.07) is 16.6. The Morgan fingerprint density at radius 3 is 2.43 bits per heavy atom. The molecular formula is C23H25ClN2O3S. The Balaban J connectivity index is 1.89. The maximum Gasteiger partial charge on any atom is 0.241 e. The summed E-state index contributed by atoms with van der Waals surface area (Å²) in [7, 11) is -3.51. The molecule has 2 aromatic rings. The summed E-state index contributed by atoms with van der Waals surface area (Å²) in [5.41, 5.74) is 2.49. The van der Waals surface area contributed by atoms with Gasteiger partial charge >= 0.3 is 0 Å². The second-order valence-corrected chi connectivity index (χ2v) is 10.8. The minimum atomic E-state index is -3.51. The summed E-state index contributed by atoms with van der Waals surface area (Å²) in [6.07, 6.45) is 3.19. The SMILES string of the molecule is CC(NC(=O)C1(S(C)(=O)=O)CCC1)[C@@H](Cc1ccc(Cl)cc1)c1cccc(C#N)c1. The van der Waals surface area contributed by atoms with E-state index in [-0.39, 0.29) is 12.0 Å². The van der Waals surface area contributed by atoms with Crippen LogP contribution in [0.4, 0.5) is 0 Å². The molecule has 0 aromatic heterocycles. The van der Waals surface area contributed by atoms with Crippen LogP contribution >= 0.6 is 11.6 Å². The van der Waals surface area contributed by atoms with Gasteiger partial charge in [0.05, 0.1) is 11.6 Å². The van der Waals surface area contributed by atoms with Gasteiger partial charge < -0.3 is 5.32 Å². The van der Waals surface area contributed by atoms with Crippen molar-refractivity contribution in [1.82, 2.24) is 5.32 Å². The first-order valence-electron chi connectivity index (χ1n) is 9.91. The van der Waals surface area contributed by atoms with E-state index in [2.05, 4.69) is 11.4 Å². The molecule has 1 unspecified atom stereocenters. The lowest BCUT2D eigenvalue weighted by Crippen LogP contribution is -2.58. The zero-order valence-electron chi connectivity index (χ0n) is 17.1. The predicted octanol–water partition coefficient (Wildman–Crippen LogP) is 4.01. The number of sulfone groups is 1. The minimum Gasteiger partial charge on any atom is -0.352 e. The number of halogens is 1. The third-order valence-electron chi connectivity index (χ3n) is 6.06. The van der Waals surface area contributed by atoms with Crippen molar-refractivity contribution in [2.24, 2.45) is 0 Å². The quantitative estimate of drug-likeness (QED) is 0.698. The first kappa shape index (κ1) is 22.3. The van der Waals surface area contributed by atoms with Crippen molar-refractivity contribution < 1.29 is 13.2 Å². The molecule has 1 aliphatic rings. The lowest BCUT2D eigenvalue weighted by atomic mass is 9.82. The second kappa shape index (κ2) is 8.79. The number of hydrogen-bond donors (Lipinski definition) is 1. The van der Waals surface area contributed by atoms with Gasteiger partial charge in [-0.2, -0.15) is 5.26 Å². The number of benzene rings is 2. The van der Waals surface area contributed by atoms with Crippen LogP contribution in [-0.2, 0) is 21.1 Å². The van der Waals surface area contributed by atoms with E-state index >= 15 is 0 Å². The van der Waals surface area contributed by atoms with Crippen LogP contribution in [0.2, 0.25) is 5.02 Å². The highest BCUT2D eigenvalue weighted by Crippen LogP contribution is 2.39. The Morgan fingerprint density at radius 1 is 1.23 bits per heavy atom. The molecular weight excluding hydrogens is 420 g/mol. The molecule has 0 radical (unpaired) electrons. The molecule has 158 valence electrons. The maximum atomic E-state index is 13.0. The Kier molecular flexibility index (Phi) is 6.54. The number of nitrogens with zero attached hydrogens (tertiary/aromatic N) is 1. The van der Waals surface area contributed by atoms with Gasteiger partial charge in [-0.25, -0.2) is 8.42 Å². The van der Waals surface area contributed by atoms with Crippen LogP contribution in [-0.4, -0.2) is 31.4 Å². The Bertz CT molecular complexity index is 1070. The molecule has 0 saturated heterocycles. The van der Waals surface area contributed by atoms with Crippen LogP contribution in [0, 0.1) is 11.3 Å². The molecule has 0 bridgehead atoms. The highest BCUT2D eigenvalue weighted by Gasteiger charge is 2.53. The molecule has 0 aliphatic heterocycles. The standard InChI is InChI=1S/C23H25ClN2O3S/c1-16(26-22(27)23(11-4-12-23)30(2,28)29)21(14-17-7-9-20(24)10-8-17)19-6-3-5-18(13-19)15-25/h3,5-10,13,16,21H,4,11-12,14H2,1-2H3,(H,26,27)/t16?,21-/m1/s1. The maximum absolute atomic E-state index is 13.0. The third-order valence-corrected chi connectivity index (χ3v) is 8.33. The molecule has 1 amide bonds. The van der Waals surface area contributed by atoms with Crippen LogP contribution in [0.3, 0.4) is 0 Å². The second-order valence-electron chi connectivity index (χ2n) is 8.06. The first-order chi connectivity index (χ1) is 14.2. The lowest BCUT2D eigenvalue weighted by Gasteiger charge is -2.39. The van der Waals surface area contributed by atoms with Crippen molar-refractivity contribution in [2.75, 3.05) is 6.26 Å². The summed E-state index contributed by atoms with van der Waals surface area (Å²) in [4.78, 5) is 13.0. The van der Waals surface area contributed by atoms with Gasteiger partial charge in [0.2, 0.25) is 5.91 Å². The number of rotatable bonds is 7.